The van der Waals surface area contributed by atoms with Gasteiger partial charge in [-0.15, -0.1) is 0 Å². The smallest absolute Gasteiger partial charge is 0.310 e. The highest BCUT2D eigenvalue weighted by Crippen LogP contribution is 2.20. The lowest BCUT2D eigenvalue weighted by Crippen LogP contribution is -2.33. The van der Waals surface area contributed by atoms with E-state index in [0.717, 1.165) is 0 Å². The molecule has 2 atom stereocenters. The Morgan fingerprint density at radius 3 is 2.67 bits per heavy atom. The van der Waals surface area contributed by atoms with E-state index < -0.39 is 22.7 Å². The van der Waals surface area contributed by atoms with Crippen LogP contribution in [-0.4, -0.2) is 27.9 Å². The van der Waals surface area contributed by atoms with E-state index in [4.69, 9.17) is 5.11 Å². The number of aliphatic carboxylic acids is 1. The van der Waals surface area contributed by atoms with Crippen molar-refractivity contribution in [3.63, 3.8) is 0 Å². The molecule has 21 heavy (non-hydrogen) atoms. The fraction of sp³-hybridized carbons (Fsp3) is 0.286. The first-order valence-corrected chi connectivity index (χ1v) is 6.35. The van der Waals surface area contributed by atoms with E-state index in [2.05, 4.69) is 5.32 Å². The molecule has 0 spiro atoms. The number of nitro benzene ring substituents is 1. The lowest BCUT2D eigenvalue weighted by Gasteiger charge is -2.13. The second kappa shape index (κ2) is 5.74. The quantitative estimate of drug-likeness (QED) is 0.498. The van der Waals surface area contributed by atoms with E-state index in [1.807, 2.05) is 0 Å². The molecule has 7 nitrogen and oxygen atoms in total. The largest absolute Gasteiger partial charge is 0.481 e. The second-order valence-electron chi connectivity index (χ2n) is 4.90. The highest BCUT2D eigenvalue weighted by Gasteiger charge is 2.26. The van der Waals surface area contributed by atoms with Crippen LogP contribution in [0.1, 0.15) is 22.3 Å². The standard InChI is InChI=1S/C14H14N2O5/c1-8-2-5-11(16(20)21)7-12(8)13(17)15-10-4-3-9(6-10)14(18)19/h2-5,7,9-10H,6H2,1H3,(H,15,17)(H,18,19). The van der Waals surface area contributed by atoms with Gasteiger partial charge in [-0.1, -0.05) is 18.2 Å². The van der Waals surface area contributed by atoms with Crippen LogP contribution in [0.15, 0.2) is 30.4 Å². The number of carbonyl (C=O) groups is 2. The van der Waals surface area contributed by atoms with Gasteiger partial charge in [0.05, 0.1) is 10.8 Å². The Kier molecular flexibility index (Phi) is 4.02. The molecule has 1 aliphatic rings. The number of carboxylic acids is 1. The molecule has 1 aliphatic carbocycles. The van der Waals surface area contributed by atoms with Gasteiger partial charge in [-0.3, -0.25) is 19.7 Å². The van der Waals surface area contributed by atoms with E-state index in [9.17, 15) is 19.7 Å². The van der Waals surface area contributed by atoms with Crippen LogP contribution in [0.2, 0.25) is 0 Å². The van der Waals surface area contributed by atoms with Gasteiger partial charge >= 0.3 is 5.97 Å². The average Bonchev–Trinajstić information content (AvgIpc) is 2.87. The molecule has 1 aromatic rings. The summed E-state index contributed by atoms with van der Waals surface area (Å²) < 4.78 is 0. The Balaban J connectivity index is 2.11. The van der Waals surface area contributed by atoms with Crippen LogP contribution < -0.4 is 5.32 Å². The Labute approximate surface area is 120 Å². The monoisotopic (exact) mass is 290 g/mol. The molecule has 0 saturated carbocycles. The van der Waals surface area contributed by atoms with Crippen molar-refractivity contribution in [1.29, 1.82) is 0 Å². The molecule has 0 aliphatic heterocycles. The Morgan fingerprint density at radius 1 is 1.38 bits per heavy atom. The van der Waals surface area contributed by atoms with Gasteiger partial charge in [-0.2, -0.15) is 0 Å². The first kappa shape index (κ1) is 14.7. The molecule has 7 heteroatoms. The van der Waals surface area contributed by atoms with E-state index in [-0.39, 0.29) is 23.7 Å². The molecule has 0 bridgehead atoms. The zero-order valence-electron chi connectivity index (χ0n) is 11.3. The van der Waals surface area contributed by atoms with Crippen molar-refractivity contribution in [1.82, 2.24) is 5.32 Å². The van der Waals surface area contributed by atoms with Crippen LogP contribution in [0.4, 0.5) is 5.69 Å². The van der Waals surface area contributed by atoms with Crippen molar-refractivity contribution < 1.29 is 19.6 Å². The Bertz CT molecular complexity index is 638. The Morgan fingerprint density at radius 2 is 2.10 bits per heavy atom. The second-order valence-corrected chi connectivity index (χ2v) is 4.90. The summed E-state index contributed by atoms with van der Waals surface area (Å²) in [6, 6.07) is 3.69. The van der Waals surface area contributed by atoms with E-state index in [1.54, 1.807) is 13.0 Å². The summed E-state index contributed by atoms with van der Waals surface area (Å²) in [7, 11) is 0. The summed E-state index contributed by atoms with van der Waals surface area (Å²) in [5.74, 6) is -1.99. The van der Waals surface area contributed by atoms with Crippen LogP contribution in [-0.2, 0) is 4.79 Å². The number of amides is 1. The summed E-state index contributed by atoms with van der Waals surface area (Å²) >= 11 is 0. The molecule has 0 aromatic heterocycles. The zero-order chi connectivity index (χ0) is 15.6. The SMILES string of the molecule is Cc1ccc([N+](=O)[O-])cc1C(=O)NC1C=CC(C(=O)O)C1. The summed E-state index contributed by atoms with van der Waals surface area (Å²) in [5.41, 5.74) is 0.683. The van der Waals surface area contributed by atoms with Gasteiger partial charge in [0.15, 0.2) is 0 Å². The molecule has 1 aromatic carbocycles. The van der Waals surface area contributed by atoms with Crippen LogP contribution in [0.3, 0.4) is 0 Å². The fourth-order valence-corrected chi connectivity index (χ4v) is 2.20. The molecule has 110 valence electrons. The number of nitrogens with one attached hydrogen (secondary N) is 1. The van der Waals surface area contributed by atoms with Gasteiger partial charge < -0.3 is 10.4 Å². The van der Waals surface area contributed by atoms with Crippen molar-refractivity contribution >= 4 is 17.6 Å². The maximum absolute atomic E-state index is 12.2. The first-order chi connectivity index (χ1) is 9.88. The predicted molar refractivity (Wildman–Crippen MR) is 74.0 cm³/mol. The van der Waals surface area contributed by atoms with E-state index in [1.165, 1.54) is 24.3 Å². The molecule has 2 unspecified atom stereocenters. The van der Waals surface area contributed by atoms with Crippen LogP contribution in [0, 0.1) is 23.0 Å². The van der Waals surface area contributed by atoms with Crippen molar-refractivity contribution in [2.45, 2.75) is 19.4 Å². The molecule has 2 N–H and O–H groups in total. The number of rotatable bonds is 4. The molecular formula is C14H14N2O5. The molecule has 2 rings (SSSR count). The maximum Gasteiger partial charge on any atom is 0.310 e. The van der Waals surface area contributed by atoms with Gasteiger partial charge in [0.2, 0.25) is 0 Å². The average molecular weight is 290 g/mol. The van der Waals surface area contributed by atoms with Gasteiger partial charge in [0.1, 0.15) is 0 Å². The first-order valence-electron chi connectivity index (χ1n) is 6.35. The summed E-state index contributed by atoms with van der Waals surface area (Å²) in [5, 5.41) is 22.3. The van der Waals surface area contributed by atoms with Crippen molar-refractivity contribution in [3.05, 3.63) is 51.6 Å². The number of aryl methyl sites for hydroxylation is 1. The van der Waals surface area contributed by atoms with Gasteiger partial charge in [-0.05, 0) is 18.9 Å². The van der Waals surface area contributed by atoms with Crippen molar-refractivity contribution in [2.75, 3.05) is 0 Å². The zero-order valence-corrected chi connectivity index (χ0v) is 11.3. The number of hydrogen-bond acceptors (Lipinski definition) is 4. The molecule has 0 saturated heterocycles. The third-order valence-corrected chi connectivity index (χ3v) is 3.39. The number of carbonyl (C=O) groups excluding carboxylic acids is 1. The topological polar surface area (TPSA) is 110 Å². The maximum atomic E-state index is 12.2. The molecular weight excluding hydrogens is 276 g/mol. The fourth-order valence-electron chi connectivity index (χ4n) is 2.20. The number of benzene rings is 1. The third kappa shape index (κ3) is 3.25. The van der Waals surface area contributed by atoms with Crippen LogP contribution in [0.5, 0.6) is 0 Å². The van der Waals surface area contributed by atoms with Gasteiger partial charge in [0.25, 0.3) is 11.6 Å². The minimum absolute atomic E-state index is 0.156. The van der Waals surface area contributed by atoms with Crippen molar-refractivity contribution in [2.24, 2.45) is 5.92 Å². The summed E-state index contributed by atoms with van der Waals surface area (Å²) in [4.78, 5) is 33.2. The Hall–Kier alpha value is -2.70. The van der Waals surface area contributed by atoms with E-state index in [0.29, 0.717) is 5.56 Å². The lowest BCUT2D eigenvalue weighted by atomic mass is 10.1. The number of nitrogens with zero attached hydrogens (tertiary/aromatic N) is 1. The van der Waals surface area contributed by atoms with Crippen LogP contribution >= 0.6 is 0 Å². The van der Waals surface area contributed by atoms with E-state index >= 15 is 0 Å². The third-order valence-electron chi connectivity index (χ3n) is 3.39. The summed E-state index contributed by atoms with van der Waals surface area (Å²) in [6.45, 7) is 1.68. The lowest BCUT2D eigenvalue weighted by molar-refractivity contribution is -0.384. The number of non-ortho nitro benzene ring substituents is 1. The number of nitro groups is 1. The van der Waals surface area contributed by atoms with Crippen molar-refractivity contribution in [3.8, 4) is 0 Å². The minimum atomic E-state index is -0.936. The molecule has 1 amide bonds. The molecule has 0 fully saturated rings. The molecule has 0 radical (unpaired) electrons. The van der Waals surface area contributed by atoms with Gasteiger partial charge in [-0.25, -0.2) is 0 Å². The number of carboxylic acid groups (broad SMARTS) is 1. The predicted octanol–water partition coefficient (Wildman–Crippen LogP) is 1.66. The van der Waals surface area contributed by atoms with Gasteiger partial charge in [0, 0.05) is 23.7 Å². The molecule has 0 heterocycles. The highest BCUT2D eigenvalue weighted by molar-refractivity contribution is 5.96. The summed E-state index contributed by atoms with van der Waals surface area (Å²) in [6.07, 6.45) is 3.45. The normalized spacial score (nSPS) is 20.2. The number of hydrogen-bond donors (Lipinski definition) is 2. The minimum Gasteiger partial charge on any atom is -0.481 e. The van der Waals surface area contributed by atoms with Crippen LogP contribution in [0.25, 0.3) is 0 Å². The highest BCUT2D eigenvalue weighted by atomic mass is 16.6.